The smallest absolute Gasteiger partial charge is 0.255 e. The molecule has 0 bridgehead atoms. The lowest BCUT2D eigenvalue weighted by Gasteiger charge is -2.27. The van der Waals surface area contributed by atoms with Crippen LogP contribution in [0.2, 0.25) is 0 Å². The molecule has 2 heterocycles. The van der Waals surface area contributed by atoms with Crippen molar-refractivity contribution in [3.63, 3.8) is 0 Å². The van der Waals surface area contributed by atoms with E-state index in [9.17, 15) is 13.2 Å². The van der Waals surface area contributed by atoms with Gasteiger partial charge in [0.05, 0.1) is 17.1 Å². The van der Waals surface area contributed by atoms with Crippen LogP contribution in [0.3, 0.4) is 0 Å². The molecule has 1 atom stereocenters. The maximum atomic E-state index is 13.1. The zero-order valence-electron chi connectivity index (χ0n) is 13.9. The van der Waals surface area contributed by atoms with Crippen LogP contribution in [-0.4, -0.2) is 43.3 Å². The number of amides is 1. The predicted molar refractivity (Wildman–Crippen MR) is 98.3 cm³/mol. The second-order valence-corrected chi connectivity index (χ2v) is 9.41. The Morgan fingerprint density at radius 3 is 2.58 bits per heavy atom. The number of aryl methyl sites for hydroxylation is 1. The summed E-state index contributed by atoms with van der Waals surface area (Å²) in [6.45, 7) is 4.44. The van der Waals surface area contributed by atoms with E-state index in [0.29, 0.717) is 18.5 Å². The molecule has 128 valence electrons. The fourth-order valence-electron chi connectivity index (χ4n) is 3.32. The second-order valence-electron chi connectivity index (χ2n) is 6.09. The number of carbonyl (C=O) groups excluding carboxylic acids is 1. The van der Waals surface area contributed by atoms with Gasteiger partial charge in [-0.15, -0.1) is 11.3 Å². The molecule has 1 amide bonds. The van der Waals surface area contributed by atoms with Gasteiger partial charge in [-0.1, -0.05) is 30.3 Å². The van der Waals surface area contributed by atoms with Crippen LogP contribution in [0, 0.1) is 6.92 Å². The highest BCUT2D eigenvalue weighted by atomic mass is 32.2. The van der Waals surface area contributed by atoms with Gasteiger partial charge in [-0.3, -0.25) is 4.79 Å². The Labute approximate surface area is 147 Å². The number of nitrogens with zero attached hydrogens (tertiary/aromatic N) is 1. The Balaban J connectivity index is 1.96. The molecule has 0 N–H and O–H groups in total. The number of hydrogen-bond acceptors (Lipinski definition) is 4. The van der Waals surface area contributed by atoms with Gasteiger partial charge in [0.1, 0.15) is 0 Å². The van der Waals surface area contributed by atoms with Crippen molar-refractivity contribution >= 4 is 27.1 Å². The second kappa shape index (κ2) is 6.69. The average molecular weight is 364 g/mol. The molecule has 0 spiro atoms. The first kappa shape index (κ1) is 17.2. The fraction of sp³-hybridized carbons (Fsp3) is 0.389. The van der Waals surface area contributed by atoms with E-state index in [0.717, 1.165) is 16.0 Å². The summed E-state index contributed by atoms with van der Waals surface area (Å²) in [4.78, 5) is 15.9. The van der Waals surface area contributed by atoms with Crippen molar-refractivity contribution < 1.29 is 13.2 Å². The van der Waals surface area contributed by atoms with Gasteiger partial charge in [0.2, 0.25) is 0 Å². The van der Waals surface area contributed by atoms with Crippen molar-refractivity contribution in [3.8, 4) is 11.1 Å². The molecule has 0 unspecified atom stereocenters. The van der Waals surface area contributed by atoms with E-state index in [-0.39, 0.29) is 23.5 Å². The molecule has 1 saturated heterocycles. The first-order valence-corrected chi connectivity index (χ1v) is 10.8. The van der Waals surface area contributed by atoms with Gasteiger partial charge >= 0.3 is 0 Å². The lowest BCUT2D eigenvalue weighted by molar-refractivity contribution is 0.0709. The van der Waals surface area contributed by atoms with E-state index in [1.807, 2.05) is 49.6 Å². The van der Waals surface area contributed by atoms with E-state index in [1.54, 1.807) is 16.2 Å². The standard InChI is InChI=1S/C18H21NO3S2/c1-3-19(15-9-10-24(21,22)12-15)18(20)16-11-23-13(2)17(16)14-7-5-4-6-8-14/h4-8,11,15H,3,9-10,12H2,1-2H3/t15-/m1/s1. The highest BCUT2D eigenvalue weighted by Crippen LogP contribution is 2.34. The quantitative estimate of drug-likeness (QED) is 0.837. The van der Waals surface area contributed by atoms with Crippen LogP contribution < -0.4 is 0 Å². The Hall–Kier alpha value is -1.66. The predicted octanol–water partition coefficient (Wildman–Crippen LogP) is 3.37. The Morgan fingerprint density at radius 2 is 2.00 bits per heavy atom. The first-order valence-electron chi connectivity index (χ1n) is 8.08. The molecule has 3 rings (SSSR count). The van der Waals surface area contributed by atoms with Crippen molar-refractivity contribution in [2.24, 2.45) is 0 Å². The topological polar surface area (TPSA) is 54.5 Å². The van der Waals surface area contributed by atoms with Gasteiger partial charge in [0, 0.05) is 28.4 Å². The van der Waals surface area contributed by atoms with Gasteiger partial charge in [-0.05, 0) is 25.8 Å². The van der Waals surface area contributed by atoms with Crippen LogP contribution in [0.4, 0.5) is 0 Å². The van der Waals surface area contributed by atoms with Crippen molar-refractivity contribution in [2.75, 3.05) is 18.1 Å². The molecule has 6 heteroatoms. The third kappa shape index (κ3) is 3.26. The number of hydrogen-bond donors (Lipinski definition) is 0. The zero-order valence-corrected chi connectivity index (χ0v) is 15.5. The molecule has 0 saturated carbocycles. The molecule has 2 aromatic rings. The molecule has 0 radical (unpaired) electrons. The summed E-state index contributed by atoms with van der Waals surface area (Å²) in [5.74, 6) is 0.189. The summed E-state index contributed by atoms with van der Waals surface area (Å²) >= 11 is 1.56. The minimum Gasteiger partial charge on any atom is -0.335 e. The van der Waals surface area contributed by atoms with Gasteiger partial charge in [0.15, 0.2) is 9.84 Å². The summed E-state index contributed by atoms with van der Waals surface area (Å²) < 4.78 is 23.6. The lowest BCUT2D eigenvalue weighted by Crippen LogP contribution is -2.41. The normalized spacial score (nSPS) is 19.3. The van der Waals surface area contributed by atoms with Crippen LogP contribution in [0.25, 0.3) is 11.1 Å². The van der Waals surface area contributed by atoms with Crippen LogP contribution >= 0.6 is 11.3 Å². The summed E-state index contributed by atoms with van der Waals surface area (Å²) in [6.07, 6.45) is 0.533. The van der Waals surface area contributed by atoms with Crippen molar-refractivity contribution in [3.05, 3.63) is 46.2 Å². The lowest BCUT2D eigenvalue weighted by atomic mass is 10.0. The summed E-state index contributed by atoms with van der Waals surface area (Å²) in [5, 5.41) is 1.89. The van der Waals surface area contributed by atoms with Crippen molar-refractivity contribution in [2.45, 2.75) is 26.3 Å². The number of sulfone groups is 1. The van der Waals surface area contributed by atoms with Crippen molar-refractivity contribution in [1.82, 2.24) is 4.90 Å². The van der Waals surface area contributed by atoms with Crippen LogP contribution in [0.15, 0.2) is 35.7 Å². The zero-order chi connectivity index (χ0) is 17.3. The van der Waals surface area contributed by atoms with E-state index < -0.39 is 9.84 Å². The average Bonchev–Trinajstić information content (AvgIpc) is 3.11. The third-order valence-electron chi connectivity index (χ3n) is 4.52. The van der Waals surface area contributed by atoms with Gasteiger partial charge in [-0.25, -0.2) is 8.42 Å². The monoisotopic (exact) mass is 363 g/mol. The maximum Gasteiger partial charge on any atom is 0.255 e. The number of carbonyl (C=O) groups is 1. The van der Waals surface area contributed by atoms with Crippen molar-refractivity contribution in [1.29, 1.82) is 0 Å². The van der Waals surface area contributed by atoms with E-state index >= 15 is 0 Å². The molecule has 24 heavy (non-hydrogen) atoms. The summed E-state index contributed by atoms with van der Waals surface area (Å²) in [6, 6.07) is 9.67. The summed E-state index contributed by atoms with van der Waals surface area (Å²) in [5.41, 5.74) is 2.66. The van der Waals surface area contributed by atoms with Gasteiger partial charge in [-0.2, -0.15) is 0 Å². The van der Waals surface area contributed by atoms with Gasteiger partial charge < -0.3 is 4.90 Å². The molecule has 1 aliphatic rings. The first-order chi connectivity index (χ1) is 11.4. The molecular formula is C18H21NO3S2. The SMILES string of the molecule is CCN(C(=O)c1csc(C)c1-c1ccccc1)[C@@H]1CCS(=O)(=O)C1. The largest absolute Gasteiger partial charge is 0.335 e. The molecule has 1 aromatic carbocycles. The van der Waals surface area contributed by atoms with Gasteiger partial charge in [0.25, 0.3) is 5.91 Å². The number of benzene rings is 1. The van der Waals surface area contributed by atoms with E-state index in [4.69, 9.17) is 0 Å². The number of rotatable bonds is 4. The molecular weight excluding hydrogens is 342 g/mol. The molecule has 1 aliphatic heterocycles. The minimum absolute atomic E-state index is 0.0668. The van der Waals surface area contributed by atoms with Crippen LogP contribution in [0.5, 0.6) is 0 Å². The van der Waals surface area contributed by atoms with Crippen LogP contribution in [0.1, 0.15) is 28.6 Å². The Kier molecular flexibility index (Phi) is 4.78. The number of thiophene rings is 1. The molecule has 1 fully saturated rings. The summed E-state index contributed by atoms with van der Waals surface area (Å²) in [7, 11) is -3.01. The maximum absolute atomic E-state index is 13.1. The van der Waals surface area contributed by atoms with E-state index in [2.05, 4.69) is 0 Å². The molecule has 4 nitrogen and oxygen atoms in total. The fourth-order valence-corrected chi connectivity index (χ4v) is 5.91. The Morgan fingerprint density at radius 1 is 1.29 bits per heavy atom. The van der Waals surface area contributed by atoms with E-state index in [1.165, 1.54) is 0 Å². The minimum atomic E-state index is -3.01. The highest BCUT2D eigenvalue weighted by Gasteiger charge is 2.35. The Bertz CT molecular complexity index is 840. The van der Waals surface area contributed by atoms with Crippen LogP contribution in [-0.2, 0) is 9.84 Å². The molecule has 1 aromatic heterocycles. The molecule has 0 aliphatic carbocycles. The highest BCUT2D eigenvalue weighted by molar-refractivity contribution is 7.91. The third-order valence-corrected chi connectivity index (χ3v) is 7.18.